The van der Waals surface area contributed by atoms with Gasteiger partial charge in [0.25, 0.3) is 0 Å². The van der Waals surface area contributed by atoms with Crippen molar-refractivity contribution in [2.75, 3.05) is 11.9 Å². The minimum Gasteiger partial charge on any atom is -0.370 e. The van der Waals surface area contributed by atoms with Crippen LogP contribution in [0.25, 0.3) is 0 Å². The fourth-order valence-corrected chi connectivity index (χ4v) is 2.16. The first kappa shape index (κ1) is 12.4. The topological polar surface area (TPSA) is 91.8 Å². The molecule has 0 saturated carbocycles. The number of anilines is 1. The molecular weight excluding hydrogens is 228 g/mol. The Morgan fingerprint density at radius 3 is 3.00 bits per heavy atom. The van der Waals surface area contributed by atoms with Gasteiger partial charge in [0, 0.05) is 18.7 Å². The Balaban J connectivity index is 2.18. The molecule has 0 radical (unpaired) electrons. The second-order valence-electron chi connectivity index (χ2n) is 4.45. The molecule has 0 aliphatic heterocycles. The molecule has 5 heteroatoms. The van der Waals surface area contributed by atoms with Gasteiger partial charge in [-0.05, 0) is 37.3 Å². The first-order valence-electron chi connectivity index (χ1n) is 6.16. The summed E-state index contributed by atoms with van der Waals surface area (Å²) >= 11 is 0. The number of amides is 1. The highest BCUT2D eigenvalue weighted by Gasteiger charge is 2.14. The number of aryl methyl sites for hydroxylation is 2. The Kier molecular flexibility index (Phi) is 3.78. The monoisotopic (exact) mass is 244 g/mol. The van der Waals surface area contributed by atoms with Crippen LogP contribution in [-0.2, 0) is 17.6 Å². The van der Waals surface area contributed by atoms with Gasteiger partial charge >= 0.3 is 0 Å². The van der Waals surface area contributed by atoms with Crippen molar-refractivity contribution in [2.24, 2.45) is 5.73 Å². The highest BCUT2D eigenvalue weighted by Crippen LogP contribution is 2.24. The summed E-state index contributed by atoms with van der Waals surface area (Å²) in [4.78, 5) is 15.2. The number of aromatic nitrogens is 1. The lowest BCUT2D eigenvalue weighted by molar-refractivity contribution is -0.117. The predicted molar refractivity (Wildman–Crippen MR) is 67.9 cm³/mol. The normalized spacial score (nSPS) is 13.5. The summed E-state index contributed by atoms with van der Waals surface area (Å²) in [7, 11) is 0. The second-order valence-corrected chi connectivity index (χ2v) is 4.45. The highest BCUT2D eigenvalue weighted by molar-refractivity contribution is 5.74. The van der Waals surface area contributed by atoms with Crippen LogP contribution in [0, 0.1) is 11.3 Å². The summed E-state index contributed by atoms with van der Waals surface area (Å²) in [5.74, 6) is 0.207. The van der Waals surface area contributed by atoms with E-state index in [0.717, 1.165) is 31.4 Å². The van der Waals surface area contributed by atoms with E-state index in [1.807, 2.05) is 6.07 Å². The summed E-state index contributed by atoms with van der Waals surface area (Å²) in [6.45, 7) is 0.413. The van der Waals surface area contributed by atoms with Gasteiger partial charge in [0.1, 0.15) is 11.9 Å². The molecule has 2 rings (SSSR count). The quantitative estimate of drug-likeness (QED) is 0.830. The number of fused-ring (bicyclic) bond motifs is 1. The number of hydrogen-bond acceptors (Lipinski definition) is 4. The molecule has 1 aromatic heterocycles. The second kappa shape index (κ2) is 5.50. The van der Waals surface area contributed by atoms with Crippen LogP contribution in [-0.4, -0.2) is 17.4 Å². The molecule has 1 amide bonds. The summed E-state index contributed by atoms with van der Waals surface area (Å²) in [5, 5.41) is 12.1. The number of nitrogens with one attached hydrogen (secondary N) is 1. The van der Waals surface area contributed by atoms with Crippen molar-refractivity contribution >= 4 is 11.7 Å². The number of nitrogens with two attached hydrogens (primary N) is 1. The maximum Gasteiger partial charge on any atom is 0.219 e. The van der Waals surface area contributed by atoms with E-state index in [2.05, 4.69) is 16.4 Å². The van der Waals surface area contributed by atoms with Gasteiger partial charge < -0.3 is 11.1 Å². The van der Waals surface area contributed by atoms with Crippen molar-refractivity contribution in [1.82, 2.24) is 4.98 Å². The van der Waals surface area contributed by atoms with Gasteiger partial charge in [-0.2, -0.15) is 5.26 Å². The molecule has 3 N–H and O–H groups in total. The molecule has 0 aromatic carbocycles. The van der Waals surface area contributed by atoms with Gasteiger partial charge in [0.05, 0.1) is 5.56 Å². The van der Waals surface area contributed by atoms with Crippen LogP contribution in [0.4, 0.5) is 5.82 Å². The Bertz CT molecular complexity index is 504. The SMILES string of the molecule is N#Cc1cc2c(nc1NCCC(N)=O)CCCC2. The van der Waals surface area contributed by atoms with Crippen LogP contribution in [0.2, 0.25) is 0 Å². The first-order valence-corrected chi connectivity index (χ1v) is 6.16. The van der Waals surface area contributed by atoms with E-state index in [0.29, 0.717) is 17.9 Å². The lowest BCUT2D eigenvalue weighted by Crippen LogP contribution is -2.17. The molecule has 1 aliphatic rings. The number of hydrogen-bond donors (Lipinski definition) is 2. The molecule has 0 fully saturated rings. The van der Waals surface area contributed by atoms with Gasteiger partial charge in [0.2, 0.25) is 5.91 Å². The van der Waals surface area contributed by atoms with E-state index < -0.39 is 0 Å². The minimum atomic E-state index is -0.362. The van der Waals surface area contributed by atoms with Crippen molar-refractivity contribution in [3.8, 4) is 6.07 Å². The Morgan fingerprint density at radius 1 is 1.50 bits per heavy atom. The molecule has 0 saturated heterocycles. The Hall–Kier alpha value is -2.09. The predicted octanol–water partition coefficient (Wildman–Crippen LogP) is 1.12. The third kappa shape index (κ3) is 2.77. The number of primary amides is 1. The molecule has 0 atom stereocenters. The van der Waals surface area contributed by atoms with E-state index in [1.54, 1.807) is 0 Å². The van der Waals surface area contributed by atoms with Crippen LogP contribution < -0.4 is 11.1 Å². The lowest BCUT2D eigenvalue weighted by Gasteiger charge is -2.17. The molecule has 0 spiro atoms. The van der Waals surface area contributed by atoms with Crippen LogP contribution in [0.5, 0.6) is 0 Å². The molecule has 0 unspecified atom stereocenters. The van der Waals surface area contributed by atoms with Gasteiger partial charge in [-0.25, -0.2) is 4.98 Å². The maximum atomic E-state index is 10.7. The van der Waals surface area contributed by atoms with Gasteiger partial charge in [-0.1, -0.05) is 0 Å². The van der Waals surface area contributed by atoms with E-state index in [1.165, 1.54) is 5.56 Å². The zero-order chi connectivity index (χ0) is 13.0. The largest absolute Gasteiger partial charge is 0.370 e. The average Bonchev–Trinajstić information content (AvgIpc) is 2.37. The first-order chi connectivity index (χ1) is 8.70. The number of rotatable bonds is 4. The average molecular weight is 244 g/mol. The molecule has 1 aromatic rings. The zero-order valence-corrected chi connectivity index (χ0v) is 10.2. The molecule has 5 nitrogen and oxygen atoms in total. The van der Waals surface area contributed by atoms with E-state index in [-0.39, 0.29) is 12.3 Å². The number of carbonyl (C=O) groups excluding carboxylic acids is 1. The van der Waals surface area contributed by atoms with Crippen molar-refractivity contribution in [2.45, 2.75) is 32.1 Å². The van der Waals surface area contributed by atoms with Gasteiger partial charge in [0.15, 0.2) is 0 Å². The Morgan fingerprint density at radius 2 is 2.28 bits per heavy atom. The van der Waals surface area contributed by atoms with E-state index in [9.17, 15) is 4.79 Å². The fraction of sp³-hybridized carbons (Fsp3) is 0.462. The third-order valence-corrected chi connectivity index (χ3v) is 3.09. The van der Waals surface area contributed by atoms with Crippen molar-refractivity contribution in [3.05, 3.63) is 22.9 Å². The van der Waals surface area contributed by atoms with Gasteiger partial charge in [-0.15, -0.1) is 0 Å². The minimum absolute atomic E-state index is 0.240. The summed E-state index contributed by atoms with van der Waals surface area (Å²) in [5.41, 5.74) is 7.87. The highest BCUT2D eigenvalue weighted by atomic mass is 16.1. The van der Waals surface area contributed by atoms with Crippen LogP contribution in [0.15, 0.2) is 6.07 Å². The number of nitriles is 1. The van der Waals surface area contributed by atoms with Crippen LogP contribution in [0.3, 0.4) is 0 Å². The zero-order valence-electron chi connectivity index (χ0n) is 10.2. The summed E-state index contributed by atoms with van der Waals surface area (Å²) in [6.07, 6.45) is 4.51. The summed E-state index contributed by atoms with van der Waals surface area (Å²) in [6, 6.07) is 4.05. The molecule has 0 bridgehead atoms. The van der Waals surface area contributed by atoms with E-state index in [4.69, 9.17) is 11.0 Å². The Labute approximate surface area is 106 Å². The molecule has 1 heterocycles. The van der Waals surface area contributed by atoms with E-state index >= 15 is 0 Å². The number of pyridine rings is 1. The smallest absolute Gasteiger partial charge is 0.219 e. The molecular formula is C13H16N4O. The van der Waals surface area contributed by atoms with Crippen LogP contribution in [0.1, 0.15) is 36.1 Å². The molecule has 94 valence electrons. The lowest BCUT2D eigenvalue weighted by atomic mass is 9.95. The number of nitrogens with zero attached hydrogens (tertiary/aromatic N) is 2. The molecule has 1 aliphatic carbocycles. The van der Waals surface area contributed by atoms with Crippen molar-refractivity contribution < 1.29 is 4.79 Å². The van der Waals surface area contributed by atoms with Crippen molar-refractivity contribution in [1.29, 1.82) is 5.26 Å². The van der Waals surface area contributed by atoms with Crippen molar-refractivity contribution in [3.63, 3.8) is 0 Å². The molecule has 18 heavy (non-hydrogen) atoms. The van der Waals surface area contributed by atoms with Gasteiger partial charge in [-0.3, -0.25) is 4.79 Å². The number of carbonyl (C=O) groups is 1. The standard InChI is InChI=1S/C13H16N4O/c14-8-10-7-9-3-1-2-4-11(9)17-13(10)16-6-5-12(15)18/h7H,1-6H2,(H2,15,18)(H,16,17). The van der Waals surface area contributed by atoms with Crippen LogP contribution >= 0.6 is 0 Å². The summed E-state index contributed by atoms with van der Waals surface area (Å²) < 4.78 is 0. The maximum absolute atomic E-state index is 10.7. The fourth-order valence-electron chi connectivity index (χ4n) is 2.16. The third-order valence-electron chi connectivity index (χ3n) is 3.09.